The predicted molar refractivity (Wildman–Crippen MR) is 77.9 cm³/mol. The molecule has 19 heavy (non-hydrogen) atoms. The molecule has 1 heterocycles. The third kappa shape index (κ3) is 2.96. The molecule has 4 heteroatoms. The molecule has 0 radical (unpaired) electrons. The first kappa shape index (κ1) is 13.6. The number of hydrogen-bond acceptors (Lipinski definition) is 4. The van der Waals surface area contributed by atoms with E-state index in [1.54, 1.807) is 20.4 Å². The summed E-state index contributed by atoms with van der Waals surface area (Å²) in [4.78, 5) is 4.43. The highest BCUT2D eigenvalue weighted by molar-refractivity contribution is 5.96. The lowest BCUT2D eigenvalue weighted by molar-refractivity contribution is 0.158. The number of ether oxygens (including phenoxy) is 2. The van der Waals surface area contributed by atoms with Crippen molar-refractivity contribution in [1.82, 2.24) is 4.98 Å². The van der Waals surface area contributed by atoms with Gasteiger partial charge in [-0.05, 0) is 26.0 Å². The molecule has 0 aliphatic rings. The van der Waals surface area contributed by atoms with Crippen LogP contribution in [0.15, 0.2) is 30.5 Å². The van der Waals surface area contributed by atoms with Crippen LogP contribution in [0.1, 0.15) is 13.8 Å². The number of methoxy groups -OCH3 is 2. The van der Waals surface area contributed by atoms with Crippen LogP contribution in [0.2, 0.25) is 0 Å². The van der Waals surface area contributed by atoms with Crippen LogP contribution in [0, 0.1) is 0 Å². The van der Waals surface area contributed by atoms with Gasteiger partial charge in [0, 0.05) is 24.1 Å². The van der Waals surface area contributed by atoms with Gasteiger partial charge < -0.3 is 14.8 Å². The maximum absolute atomic E-state index is 5.38. The number of hydrogen-bond donors (Lipinski definition) is 1. The lowest BCUT2D eigenvalue weighted by Crippen LogP contribution is -2.36. The summed E-state index contributed by atoms with van der Waals surface area (Å²) in [7, 11) is 3.38. The smallest absolute Gasteiger partial charge is 0.134 e. The minimum Gasteiger partial charge on any atom is -0.496 e. The van der Waals surface area contributed by atoms with E-state index >= 15 is 0 Å². The zero-order valence-electron chi connectivity index (χ0n) is 11.9. The van der Waals surface area contributed by atoms with Crippen molar-refractivity contribution in [2.24, 2.45) is 0 Å². The average molecular weight is 260 g/mol. The maximum Gasteiger partial charge on any atom is 0.134 e. The molecule has 0 spiro atoms. The molecule has 0 unspecified atom stereocenters. The summed E-state index contributed by atoms with van der Waals surface area (Å²) in [5.74, 6) is 1.70. The molecule has 0 bridgehead atoms. The molecule has 102 valence electrons. The highest BCUT2D eigenvalue weighted by atomic mass is 16.5. The van der Waals surface area contributed by atoms with Gasteiger partial charge in [0.1, 0.15) is 11.6 Å². The van der Waals surface area contributed by atoms with Crippen LogP contribution in [-0.4, -0.2) is 31.3 Å². The Bertz CT molecular complexity index is 567. The molecule has 2 rings (SSSR count). The quantitative estimate of drug-likeness (QED) is 0.897. The minimum atomic E-state index is -0.181. The van der Waals surface area contributed by atoms with Gasteiger partial charge in [-0.2, -0.15) is 0 Å². The molecule has 0 fully saturated rings. The van der Waals surface area contributed by atoms with Crippen LogP contribution >= 0.6 is 0 Å². The van der Waals surface area contributed by atoms with Crippen LogP contribution in [0.4, 0.5) is 5.82 Å². The summed E-state index contributed by atoms with van der Waals surface area (Å²) in [5.41, 5.74) is -0.181. The topological polar surface area (TPSA) is 43.4 Å². The van der Waals surface area contributed by atoms with Gasteiger partial charge in [0.05, 0.1) is 19.3 Å². The van der Waals surface area contributed by atoms with Crippen molar-refractivity contribution in [2.45, 2.75) is 19.4 Å². The van der Waals surface area contributed by atoms with Crippen molar-refractivity contribution in [3.05, 3.63) is 30.5 Å². The number of rotatable bonds is 5. The molecular weight excluding hydrogens is 240 g/mol. The molecule has 0 atom stereocenters. The van der Waals surface area contributed by atoms with Gasteiger partial charge in [0.25, 0.3) is 0 Å². The first-order valence-electron chi connectivity index (χ1n) is 6.26. The van der Waals surface area contributed by atoms with E-state index < -0.39 is 0 Å². The van der Waals surface area contributed by atoms with E-state index in [2.05, 4.69) is 24.1 Å². The number of benzene rings is 1. The summed E-state index contributed by atoms with van der Waals surface area (Å²) >= 11 is 0. The van der Waals surface area contributed by atoms with Crippen LogP contribution in [0.25, 0.3) is 10.8 Å². The predicted octanol–water partition coefficient (Wildman–Crippen LogP) is 3.08. The van der Waals surface area contributed by atoms with E-state index in [1.165, 1.54) is 0 Å². The second kappa shape index (κ2) is 5.45. The molecular formula is C15H20N2O2. The first-order valence-corrected chi connectivity index (χ1v) is 6.26. The Morgan fingerprint density at radius 1 is 1.16 bits per heavy atom. The SMILES string of the molecule is COCC(C)(C)Nc1nccc2c(OC)cccc12. The molecule has 2 aromatic rings. The molecule has 1 N–H and O–H groups in total. The van der Waals surface area contributed by atoms with E-state index in [4.69, 9.17) is 9.47 Å². The second-order valence-electron chi connectivity index (χ2n) is 5.16. The van der Waals surface area contributed by atoms with Crippen molar-refractivity contribution in [3.63, 3.8) is 0 Å². The largest absolute Gasteiger partial charge is 0.496 e. The van der Waals surface area contributed by atoms with E-state index in [9.17, 15) is 0 Å². The van der Waals surface area contributed by atoms with E-state index in [0.29, 0.717) is 6.61 Å². The van der Waals surface area contributed by atoms with Gasteiger partial charge in [0.2, 0.25) is 0 Å². The monoisotopic (exact) mass is 260 g/mol. The fourth-order valence-corrected chi connectivity index (χ4v) is 2.17. The van der Waals surface area contributed by atoms with Crippen LogP contribution in [0.5, 0.6) is 5.75 Å². The average Bonchev–Trinajstić information content (AvgIpc) is 2.38. The summed E-state index contributed by atoms with van der Waals surface area (Å²) in [6.07, 6.45) is 1.79. The Balaban J connectivity index is 2.44. The molecule has 4 nitrogen and oxygen atoms in total. The van der Waals surface area contributed by atoms with Crippen molar-refractivity contribution in [3.8, 4) is 5.75 Å². The number of nitrogens with zero attached hydrogens (tertiary/aromatic N) is 1. The van der Waals surface area contributed by atoms with E-state index in [-0.39, 0.29) is 5.54 Å². The fraction of sp³-hybridized carbons (Fsp3) is 0.400. The second-order valence-corrected chi connectivity index (χ2v) is 5.16. The number of anilines is 1. The van der Waals surface area contributed by atoms with Gasteiger partial charge in [0.15, 0.2) is 0 Å². The first-order chi connectivity index (χ1) is 9.07. The third-order valence-corrected chi connectivity index (χ3v) is 2.95. The third-order valence-electron chi connectivity index (χ3n) is 2.95. The molecule has 0 aliphatic heterocycles. The maximum atomic E-state index is 5.38. The molecule has 0 amide bonds. The molecule has 1 aromatic heterocycles. The zero-order chi connectivity index (χ0) is 13.9. The van der Waals surface area contributed by atoms with Gasteiger partial charge in [-0.3, -0.25) is 0 Å². The van der Waals surface area contributed by atoms with Gasteiger partial charge >= 0.3 is 0 Å². The summed E-state index contributed by atoms with van der Waals surface area (Å²) < 4.78 is 10.6. The van der Waals surface area contributed by atoms with Crippen molar-refractivity contribution < 1.29 is 9.47 Å². The highest BCUT2D eigenvalue weighted by Crippen LogP contribution is 2.30. The van der Waals surface area contributed by atoms with Gasteiger partial charge in [-0.1, -0.05) is 12.1 Å². The van der Waals surface area contributed by atoms with E-state index in [1.807, 2.05) is 24.3 Å². The number of fused-ring (bicyclic) bond motifs is 1. The Labute approximate surface area is 113 Å². The fourth-order valence-electron chi connectivity index (χ4n) is 2.17. The Morgan fingerprint density at radius 3 is 2.63 bits per heavy atom. The van der Waals surface area contributed by atoms with Crippen LogP contribution < -0.4 is 10.1 Å². The zero-order valence-corrected chi connectivity index (χ0v) is 11.9. The number of nitrogens with one attached hydrogen (secondary N) is 1. The lowest BCUT2D eigenvalue weighted by atomic mass is 10.1. The standard InChI is InChI=1S/C15H20N2O2/c1-15(2,10-18-3)17-14-12-6-5-7-13(19-4)11(12)8-9-16-14/h5-9H,10H2,1-4H3,(H,16,17). The summed E-state index contributed by atoms with van der Waals surface area (Å²) in [6.45, 7) is 4.77. The van der Waals surface area contributed by atoms with Crippen LogP contribution in [-0.2, 0) is 4.74 Å². The Kier molecular flexibility index (Phi) is 3.90. The van der Waals surface area contributed by atoms with Crippen molar-refractivity contribution >= 4 is 16.6 Å². The molecule has 0 saturated heterocycles. The Morgan fingerprint density at radius 2 is 1.95 bits per heavy atom. The highest BCUT2D eigenvalue weighted by Gasteiger charge is 2.19. The van der Waals surface area contributed by atoms with Gasteiger partial charge in [-0.15, -0.1) is 0 Å². The lowest BCUT2D eigenvalue weighted by Gasteiger charge is -2.26. The van der Waals surface area contributed by atoms with Crippen molar-refractivity contribution in [1.29, 1.82) is 0 Å². The number of pyridine rings is 1. The molecule has 1 aromatic carbocycles. The summed E-state index contributed by atoms with van der Waals surface area (Å²) in [5, 5.41) is 5.52. The summed E-state index contributed by atoms with van der Waals surface area (Å²) in [6, 6.07) is 7.92. The number of aromatic nitrogens is 1. The Hall–Kier alpha value is -1.81. The van der Waals surface area contributed by atoms with Crippen LogP contribution in [0.3, 0.4) is 0 Å². The van der Waals surface area contributed by atoms with Gasteiger partial charge in [-0.25, -0.2) is 4.98 Å². The minimum absolute atomic E-state index is 0.181. The molecule has 0 aliphatic carbocycles. The van der Waals surface area contributed by atoms with Crippen molar-refractivity contribution in [2.75, 3.05) is 26.1 Å². The normalized spacial score (nSPS) is 11.6. The van der Waals surface area contributed by atoms with E-state index in [0.717, 1.165) is 22.3 Å². The molecule has 0 saturated carbocycles.